The van der Waals surface area contributed by atoms with Gasteiger partial charge < -0.3 is 26.0 Å². The highest BCUT2D eigenvalue weighted by molar-refractivity contribution is 6.32. The largest absolute Gasteiger partial charge is 0.405 e. The number of methoxy groups -OCH3 is 1. The Labute approximate surface area is 164 Å². The summed E-state index contributed by atoms with van der Waals surface area (Å²) in [6, 6.07) is 0. The van der Waals surface area contributed by atoms with Crippen LogP contribution in [-0.4, -0.2) is 40.9 Å². The monoisotopic (exact) mass is 391 g/mol. The summed E-state index contributed by atoms with van der Waals surface area (Å²) in [6.45, 7) is 4.83. The van der Waals surface area contributed by atoms with E-state index in [1.165, 1.54) is 12.4 Å². The van der Waals surface area contributed by atoms with E-state index in [0.29, 0.717) is 31.3 Å². The second-order valence-electron chi connectivity index (χ2n) is 6.93. The van der Waals surface area contributed by atoms with Gasteiger partial charge in [-0.25, -0.2) is 0 Å². The lowest BCUT2D eigenvalue weighted by molar-refractivity contribution is -0.135. The summed E-state index contributed by atoms with van der Waals surface area (Å²) >= 11 is 6.42. The van der Waals surface area contributed by atoms with Gasteiger partial charge in [0.1, 0.15) is 0 Å². The minimum Gasteiger partial charge on any atom is -0.405 e. The van der Waals surface area contributed by atoms with Crippen LogP contribution < -0.4 is 11.5 Å². The average Bonchev–Trinajstić information content (AvgIpc) is 3.31. The number of halogens is 1. The van der Waals surface area contributed by atoms with E-state index in [0.717, 1.165) is 41.2 Å². The summed E-state index contributed by atoms with van der Waals surface area (Å²) in [5.41, 5.74) is 15.7. The molecule has 4 N–H and O–H groups in total. The van der Waals surface area contributed by atoms with Crippen LogP contribution in [0.3, 0.4) is 0 Å². The molecule has 2 aliphatic heterocycles. The van der Waals surface area contributed by atoms with Crippen molar-refractivity contribution in [1.82, 2.24) is 14.8 Å². The number of hydrogen-bond donors (Lipinski definition) is 2. The van der Waals surface area contributed by atoms with Crippen molar-refractivity contribution in [1.29, 1.82) is 0 Å². The molecule has 0 bridgehead atoms. The fraction of sp³-hybridized carbons (Fsp3) is 0.474. The zero-order valence-corrected chi connectivity index (χ0v) is 16.5. The van der Waals surface area contributed by atoms with Crippen molar-refractivity contribution in [3.63, 3.8) is 0 Å². The zero-order chi connectivity index (χ0) is 19.6. The van der Waals surface area contributed by atoms with Gasteiger partial charge in [0.05, 0.1) is 41.2 Å². The van der Waals surface area contributed by atoms with E-state index < -0.39 is 0 Å². The van der Waals surface area contributed by atoms with E-state index in [1.807, 2.05) is 11.8 Å². The number of carbonyl (C=O) groups is 1. The predicted molar refractivity (Wildman–Crippen MR) is 104 cm³/mol. The number of rotatable bonds is 5. The second-order valence-corrected chi connectivity index (χ2v) is 7.31. The van der Waals surface area contributed by atoms with E-state index in [2.05, 4.69) is 9.88 Å². The normalized spacial score (nSPS) is 20.0. The van der Waals surface area contributed by atoms with Crippen LogP contribution in [0.25, 0.3) is 0 Å². The van der Waals surface area contributed by atoms with E-state index in [4.69, 9.17) is 27.8 Å². The highest BCUT2D eigenvalue weighted by Gasteiger charge is 2.35. The molecule has 1 amide bonds. The summed E-state index contributed by atoms with van der Waals surface area (Å²) in [7, 11) is 1.62. The predicted octanol–water partition coefficient (Wildman–Crippen LogP) is 1.63. The van der Waals surface area contributed by atoms with E-state index in [-0.39, 0.29) is 11.8 Å². The van der Waals surface area contributed by atoms with Crippen LogP contribution >= 0.6 is 11.6 Å². The van der Waals surface area contributed by atoms with Crippen LogP contribution in [-0.2, 0) is 29.2 Å². The van der Waals surface area contributed by atoms with Crippen LogP contribution in [0.5, 0.6) is 0 Å². The summed E-state index contributed by atoms with van der Waals surface area (Å²) in [4.78, 5) is 21.7. The molecule has 1 atom stereocenters. The van der Waals surface area contributed by atoms with Crippen molar-refractivity contribution >= 4 is 17.5 Å². The van der Waals surface area contributed by atoms with Crippen molar-refractivity contribution < 1.29 is 9.53 Å². The van der Waals surface area contributed by atoms with Crippen LogP contribution in [0.4, 0.5) is 0 Å². The van der Waals surface area contributed by atoms with Crippen LogP contribution in [0.15, 0.2) is 24.2 Å². The Balaban J connectivity index is 1.72. The third-order valence-corrected chi connectivity index (χ3v) is 5.78. The molecule has 7 nitrogen and oxygen atoms in total. The van der Waals surface area contributed by atoms with Gasteiger partial charge in [-0.1, -0.05) is 11.6 Å². The highest BCUT2D eigenvalue weighted by atomic mass is 35.5. The van der Waals surface area contributed by atoms with Gasteiger partial charge in [0.25, 0.3) is 0 Å². The first kappa shape index (κ1) is 19.5. The maximum Gasteiger partial charge on any atom is 0.228 e. The Hall–Kier alpha value is -2.25. The maximum absolute atomic E-state index is 13.1. The Kier molecular flexibility index (Phi) is 5.92. The smallest absolute Gasteiger partial charge is 0.228 e. The Bertz CT molecular complexity index is 793. The van der Waals surface area contributed by atoms with Gasteiger partial charge in [0.2, 0.25) is 5.91 Å². The molecule has 2 aliphatic rings. The number of ether oxygens (including phenoxy) is 1. The van der Waals surface area contributed by atoms with E-state index in [9.17, 15) is 4.79 Å². The standard InChI is InChI=1S/C19H26ClN5O2/c1-12-15-9-25(10-16(15)23-17(11-27-2)18(12)20)19(26)13-4-6-24(8-13)14(7-22)3-5-21/h3,5,7,13H,4,6,8-11,21-22H2,1-2H3/b5-3-,14-7+. The number of likely N-dealkylation sites (tertiary alicyclic amines) is 1. The van der Waals surface area contributed by atoms with E-state index in [1.54, 1.807) is 13.2 Å². The quantitative estimate of drug-likeness (QED) is 0.740. The van der Waals surface area contributed by atoms with Crippen molar-refractivity contribution in [3.8, 4) is 0 Å². The lowest BCUT2D eigenvalue weighted by atomic mass is 10.1. The minimum absolute atomic E-state index is 0.0605. The number of aromatic nitrogens is 1. The summed E-state index contributed by atoms with van der Waals surface area (Å²) in [6.07, 6.45) is 5.53. The van der Waals surface area contributed by atoms with Crippen molar-refractivity contribution in [2.45, 2.75) is 33.0 Å². The van der Waals surface area contributed by atoms with Gasteiger partial charge in [-0.05, 0) is 36.7 Å². The first-order valence-electron chi connectivity index (χ1n) is 8.99. The first-order chi connectivity index (χ1) is 13.0. The third kappa shape index (κ3) is 3.75. The lowest BCUT2D eigenvalue weighted by Crippen LogP contribution is -2.33. The molecule has 3 heterocycles. The molecule has 1 saturated heterocycles. The second kappa shape index (κ2) is 8.19. The molecule has 8 heteroatoms. The van der Waals surface area contributed by atoms with Gasteiger partial charge >= 0.3 is 0 Å². The van der Waals surface area contributed by atoms with Crippen LogP contribution in [0, 0.1) is 12.8 Å². The molecule has 0 spiro atoms. The number of fused-ring (bicyclic) bond motifs is 1. The van der Waals surface area contributed by atoms with Gasteiger partial charge in [0.15, 0.2) is 0 Å². The van der Waals surface area contributed by atoms with Gasteiger partial charge in [-0.15, -0.1) is 0 Å². The Morgan fingerprint density at radius 2 is 2.15 bits per heavy atom. The molecule has 3 rings (SSSR count). The third-order valence-electron chi connectivity index (χ3n) is 5.28. The molecule has 1 fully saturated rings. The van der Waals surface area contributed by atoms with Crippen LogP contribution in [0.1, 0.15) is 28.9 Å². The molecule has 0 saturated carbocycles. The number of allylic oxidation sites excluding steroid dienone is 1. The molecule has 0 radical (unpaired) electrons. The summed E-state index contributed by atoms with van der Waals surface area (Å²) < 4.78 is 5.18. The number of amides is 1. The molecule has 1 unspecified atom stereocenters. The summed E-state index contributed by atoms with van der Waals surface area (Å²) in [5, 5.41) is 0.628. The first-order valence-corrected chi connectivity index (χ1v) is 9.37. The zero-order valence-electron chi connectivity index (χ0n) is 15.7. The average molecular weight is 392 g/mol. The van der Waals surface area contributed by atoms with Gasteiger partial charge in [0, 0.05) is 32.9 Å². The van der Waals surface area contributed by atoms with Crippen molar-refractivity contribution in [2.75, 3.05) is 20.2 Å². The number of pyridine rings is 1. The number of nitrogens with two attached hydrogens (primary N) is 2. The minimum atomic E-state index is -0.0605. The number of hydrogen-bond acceptors (Lipinski definition) is 6. The lowest BCUT2D eigenvalue weighted by Gasteiger charge is -2.22. The molecule has 0 aliphatic carbocycles. The van der Waals surface area contributed by atoms with Gasteiger partial charge in [-0.2, -0.15) is 0 Å². The maximum atomic E-state index is 13.1. The number of nitrogens with zero attached hydrogens (tertiary/aromatic N) is 3. The molecule has 1 aromatic rings. The molecule has 0 aromatic carbocycles. The van der Waals surface area contributed by atoms with Crippen molar-refractivity contribution in [3.05, 3.63) is 51.7 Å². The fourth-order valence-corrected chi connectivity index (χ4v) is 4.03. The molecule has 1 aromatic heterocycles. The molecular weight excluding hydrogens is 366 g/mol. The SMILES string of the molecule is COCc1nc2c(c(C)c1Cl)CN(C(=O)C1CCN(C(/C=C\N)=C/N)C1)C2. The van der Waals surface area contributed by atoms with Crippen molar-refractivity contribution in [2.24, 2.45) is 17.4 Å². The summed E-state index contributed by atoms with van der Waals surface area (Å²) in [5.74, 6) is 0.0853. The fourth-order valence-electron chi connectivity index (χ4n) is 3.82. The molecule has 27 heavy (non-hydrogen) atoms. The Morgan fingerprint density at radius 1 is 1.37 bits per heavy atom. The molecular formula is C19H26ClN5O2. The van der Waals surface area contributed by atoms with Gasteiger partial charge in [-0.3, -0.25) is 9.78 Å². The molecule has 146 valence electrons. The Morgan fingerprint density at radius 3 is 2.81 bits per heavy atom. The van der Waals surface area contributed by atoms with E-state index >= 15 is 0 Å². The highest BCUT2D eigenvalue weighted by Crippen LogP contribution is 2.33. The van der Waals surface area contributed by atoms with Crippen LogP contribution in [0.2, 0.25) is 5.02 Å². The topological polar surface area (TPSA) is 97.7 Å². The number of carbonyl (C=O) groups excluding carboxylic acids is 1.